The van der Waals surface area contributed by atoms with Crippen LogP contribution in [0.25, 0.3) is 0 Å². The number of nitrogens with zero attached hydrogens (tertiary/aromatic N) is 2. The lowest BCUT2D eigenvalue weighted by atomic mass is 10.0. The van der Waals surface area contributed by atoms with Gasteiger partial charge in [-0.25, -0.2) is 9.38 Å². The van der Waals surface area contributed by atoms with Gasteiger partial charge in [0.2, 0.25) is 0 Å². The summed E-state index contributed by atoms with van der Waals surface area (Å²) >= 11 is 0. The molecule has 4 nitrogen and oxygen atoms in total. The minimum Gasteiger partial charge on any atom is -0.384 e. The summed E-state index contributed by atoms with van der Waals surface area (Å²) in [6.07, 6.45) is 5.91. The van der Waals surface area contributed by atoms with Crippen LogP contribution in [0.1, 0.15) is 0 Å². The highest BCUT2D eigenvalue weighted by Crippen LogP contribution is 2.06. The number of allylic oxidation sites excluding steroid dienone is 5. The zero-order chi connectivity index (χ0) is 13.3. The highest BCUT2D eigenvalue weighted by molar-refractivity contribution is 6.39. The van der Waals surface area contributed by atoms with E-state index in [0.717, 1.165) is 6.08 Å². The zero-order valence-corrected chi connectivity index (χ0v) is 9.44. The number of aliphatic imine (C=N–C) groups is 1. The molecule has 0 fully saturated rings. The van der Waals surface area contributed by atoms with Crippen molar-refractivity contribution in [3.05, 3.63) is 48.6 Å². The van der Waals surface area contributed by atoms with Crippen molar-refractivity contribution >= 4 is 19.8 Å². The quantitative estimate of drug-likeness (QED) is 0.238. The Hall–Kier alpha value is -2.11. The smallest absolute Gasteiger partial charge is 0.116 e. The van der Waals surface area contributed by atoms with E-state index in [-0.39, 0.29) is 11.5 Å². The fourth-order valence-corrected chi connectivity index (χ4v) is 0.898. The molecular formula is C11H14BFN4. The highest BCUT2D eigenvalue weighted by Gasteiger charge is 2.02. The Morgan fingerprint density at radius 2 is 2.06 bits per heavy atom. The summed E-state index contributed by atoms with van der Waals surface area (Å²) in [6, 6.07) is 0. The topological polar surface area (TPSA) is 76.8 Å². The molecule has 17 heavy (non-hydrogen) atoms. The Kier molecular flexibility index (Phi) is 7.09. The summed E-state index contributed by atoms with van der Waals surface area (Å²) in [4.78, 5) is 3.72. The standard InChI is InChI=1S/C11H14BFN4/c1-8(13)6-10(4-3-5-12)11(17-15)7-16-9(2)14/h3-4,6-7H,1-2,5,14-15H2/b4-3-,10-6+,16-7?,17-11-. The van der Waals surface area contributed by atoms with Crippen LogP contribution in [-0.4, -0.2) is 19.8 Å². The van der Waals surface area contributed by atoms with E-state index in [2.05, 4.69) is 23.3 Å². The molecular weight excluding hydrogens is 218 g/mol. The van der Waals surface area contributed by atoms with Gasteiger partial charge in [0.05, 0.1) is 14.1 Å². The number of rotatable bonds is 6. The van der Waals surface area contributed by atoms with Gasteiger partial charge in [-0.1, -0.05) is 31.6 Å². The zero-order valence-electron chi connectivity index (χ0n) is 9.44. The molecule has 0 aliphatic rings. The Morgan fingerprint density at radius 1 is 1.41 bits per heavy atom. The lowest BCUT2D eigenvalue weighted by molar-refractivity contribution is 0.671. The minimum absolute atomic E-state index is 0.0902. The Balaban J connectivity index is 5.21. The molecule has 0 aliphatic carbocycles. The SMILES string of the molecule is [B]C\C=C/C(=C\C(=C)F)C(/C=NC(=C)N)=N\N. The van der Waals surface area contributed by atoms with E-state index < -0.39 is 5.83 Å². The lowest BCUT2D eigenvalue weighted by Gasteiger charge is -2.00. The first-order valence-corrected chi connectivity index (χ1v) is 4.70. The van der Waals surface area contributed by atoms with Crippen molar-refractivity contribution in [2.75, 3.05) is 0 Å². The average molecular weight is 232 g/mol. The first kappa shape index (κ1) is 14.9. The summed E-state index contributed by atoms with van der Waals surface area (Å²) in [5.74, 6) is 4.63. The van der Waals surface area contributed by atoms with Gasteiger partial charge < -0.3 is 11.6 Å². The van der Waals surface area contributed by atoms with Gasteiger partial charge in [-0.2, -0.15) is 5.10 Å². The molecule has 0 atom stereocenters. The van der Waals surface area contributed by atoms with Crippen LogP contribution in [0.2, 0.25) is 6.32 Å². The number of hydrogen-bond donors (Lipinski definition) is 2. The van der Waals surface area contributed by atoms with Crippen molar-refractivity contribution in [1.29, 1.82) is 0 Å². The van der Waals surface area contributed by atoms with Crippen molar-refractivity contribution in [3.63, 3.8) is 0 Å². The third kappa shape index (κ3) is 6.89. The van der Waals surface area contributed by atoms with Crippen molar-refractivity contribution in [2.24, 2.45) is 21.7 Å². The fourth-order valence-electron chi connectivity index (χ4n) is 0.898. The maximum Gasteiger partial charge on any atom is 0.116 e. The average Bonchev–Trinajstić information content (AvgIpc) is 2.25. The third-order valence-corrected chi connectivity index (χ3v) is 1.53. The normalized spacial score (nSPS) is 13.5. The van der Waals surface area contributed by atoms with Gasteiger partial charge in [-0.3, -0.25) is 0 Å². The molecule has 0 spiro atoms. The summed E-state index contributed by atoms with van der Waals surface area (Å²) in [5, 5.41) is 3.47. The van der Waals surface area contributed by atoms with E-state index >= 15 is 0 Å². The minimum atomic E-state index is -0.636. The Bertz CT molecular complexity index is 408. The monoisotopic (exact) mass is 232 g/mol. The molecule has 0 bridgehead atoms. The van der Waals surface area contributed by atoms with Crippen LogP contribution >= 0.6 is 0 Å². The van der Waals surface area contributed by atoms with Crippen molar-refractivity contribution in [1.82, 2.24) is 0 Å². The molecule has 0 rings (SSSR count). The third-order valence-electron chi connectivity index (χ3n) is 1.53. The summed E-state index contributed by atoms with van der Waals surface area (Å²) < 4.78 is 12.8. The van der Waals surface area contributed by atoms with Gasteiger partial charge in [-0.05, 0) is 6.08 Å². The molecule has 0 heterocycles. The molecule has 0 aromatic carbocycles. The van der Waals surface area contributed by atoms with Crippen LogP contribution in [0.15, 0.2) is 58.7 Å². The van der Waals surface area contributed by atoms with Crippen LogP contribution in [0, 0.1) is 0 Å². The number of halogens is 1. The van der Waals surface area contributed by atoms with Crippen molar-refractivity contribution in [3.8, 4) is 0 Å². The van der Waals surface area contributed by atoms with E-state index in [1.165, 1.54) is 6.21 Å². The first-order chi connectivity index (χ1) is 8.01. The largest absolute Gasteiger partial charge is 0.384 e. The summed E-state index contributed by atoms with van der Waals surface area (Å²) in [6.45, 7) is 6.50. The molecule has 6 heteroatoms. The second-order valence-corrected chi connectivity index (χ2v) is 2.95. The number of hydrogen-bond acceptors (Lipinski definition) is 4. The molecule has 0 saturated carbocycles. The fraction of sp³-hybridized carbons (Fsp3) is 0.0909. The van der Waals surface area contributed by atoms with E-state index in [4.69, 9.17) is 19.4 Å². The van der Waals surface area contributed by atoms with E-state index in [9.17, 15) is 4.39 Å². The van der Waals surface area contributed by atoms with Crippen LogP contribution < -0.4 is 11.6 Å². The second-order valence-electron chi connectivity index (χ2n) is 2.95. The van der Waals surface area contributed by atoms with Crippen LogP contribution in [0.5, 0.6) is 0 Å². The maximum atomic E-state index is 12.8. The second kappa shape index (κ2) is 8.09. The lowest BCUT2D eigenvalue weighted by Crippen LogP contribution is -2.08. The summed E-state index contributed by atoms with van der Waals surface area (Å²) in [5.41, 5.74) is 5.88. The van der Waals surface area contributed by atoms with Gasteiger partial charge in [0.25, 0.3) is 0 Å². The maximum absolute atomic E-state index is 12.8. The van der Waals surface area contributed by atoms with Crippen molar-refractivity contribution < 1.29 is 4.39 Å². The molecule has 0 unspecified atom stereocenters. The first-order valence-electron chi connectivity index (χ1n) is 4.70. The van der Waals surface area contributed by atoms with E-state index in [1.54, 1.807) is 12.2 Å². The molecule has 0 amide bonds. The molecule has 2 radical (unpaired) electrons. The van der Waals surface area contributed by atoms with Gasteiger partial charge >= 0.3 is 0 Å². The predicted molar refractivity (Wildman–Crippen MR) is 71.5 cm³/mol. The van der Waals surface area contributed by atoms with E-state index in [0.29, 0.717) is 11.9 Å². The number of nitrogens with two attached hydrogens (primary N) is 2. The van der Waals surface area contributed by atoms with Crippen LogP contribution in [-0.2, 0) is 0 Å². The van der Waals surface area contributed by atoms with Gasteiger partial charge in [0.1, 0.15) is 17.4 Å². The van der Waals surface area contributed by atoms with Gasteiger partial charge in [-0.15, -0.1) is 0 Å². The summed E-state index contributed by atoms with van der Waals surface area (Å²) in [7, 11) is 5.30. The van der Waals surface area contributed by atoms with Crippen LogP contribution in [0.3, 0.4) is 0 Å². The van der Waals surface area contributed by atoms with Gasteiger partial charge in [0.15, 0.2) is 0 Å². The molecule has 0 aliphatic heterocycles. The highest BCUT2D eigenvalue weighted by atomic mass is 19.1. The molecule has 88 valence electrons. The predicted octanol–water partition coefficient (Wildman–Crippen LogP) is 1.35. The Labute approximate surface area is 101 Å². The molecule has 0 aromatic heterocycles. The Morgan fingerprint density at radius 3 is 2.47 bits per heavy atom. The molecule has 4 N–H and O–H groups in total. The van der Waals surface area contributed by atoms with Gasteiger partial charge in [0, 0.05) is 5.57 Å². The molecule has 0 saturated heterocycles. The van der Waals surface area contributed by atoms with E-state index in [1.807, 2.05) is 0 Å². The van der Waals surface area contributed by atoms with Crippen molar-refractivity contribution in [2.45, 2.75) is 6.32 Å². The number of hydrazone groups is 1. The van der Waals surface area contributed by atoms with Crippen LogP contribution in [0.4, 0.5) is 4.39 Å². The molecule has 0 aromatic rings.